The molecule has 1 heterocycles. The van der Waals surface area contributed by atoms with E-state index in [1.54, 1.807) is 19.2 Å². The summed E-state index contributed by atoms with van der Waals surface area (Å²) in [5.41, 5.74) is 8.94. The highest BCUT2D eigenvalue weighted by molar-refractivity contribution is 6.04. The number of primary amides is 1. The van der Waals surface area contributed by atoms with Crippen LogP contribution in [0, 0.1) is 5.92 Å². The minimum Gasteiger partial charge on any atom is -0.380 e. The summed E-state index contributed by atoms with van der Waals surface area (Å²) in [5.74, 6) is -0.333. The summed E-state index contributed by atoms with van der Waals surface area (Å²) in [5, 5.41) is 2.96. The minimum atomic E-state index is -0.195. The molecule has 3 rings (SSSR count). The second kappa shape index (κ2) is 9.48. The van der Waals surface area contributed by atoms with Gasteiger partial charge in [0.2, 0.25) is 5.91 Å². The van der Waals surface area contributed by atoms with Crippen molar-refractivity contribution in [1.82, 2.24) is 4.90 Å². The highest BCUT2D eigenvalue weighted by Gasteiger charge is 2.23. The van der Waals surface area contributed by atoms with Crippen LogP contribution in [-0.2, 0) is 22.7 Å². The highest BCUT2D eigenvalue weighted by Crippen LogP contribution is 2.20. The van der Waals surface area contributed by atoms with E-state index in [2.05, 4.69) is 16.3 Å². The van der Waals surface area contributed by atoms with E-state index in [1.165, 1.54) is 0 Å². The third kappa shape index (κ3) is 5.41. The lowest BCUT2D eigenvalue weighted by Crippen LogP contribution is -2.38. The fourth-order valence-corrected chi connectivity index (χ4v) is 3.50. The van der Waals surface area contributed by atoms with Crippen LogP contribution in [0.2, 0.25) is 0 Å². The van der Waals surface area contributed by atoms with Crippen LogP contribution in [0.15, 0.2) is 48.5 Å². The van der Waals surface area contributed by atoms with Crippen LogP contribution in [0.25, 0.3) is 0 Å². The van der Waals surface area contributed by atoms with E-state index < -0.39 is 0 Å². The summed E-state index contributed by atoms with van der Waals surface area (Å²) >= 11 is 0. The van der Waals surface area contributed by atoms with Gasteiger partial charge in [-0.1, -0.05) is 24.3 Å². The number of benzene rings is 2. The monoisotopic (exact) mass is 381 g/mol. The third-order valence-corrected chi connectivity index (χ3v) is 5.11. The van der Waals surface area contributed by atoms with Gasteiger partial charge in [0.25, 0.3) is 5.91 Å². The predicted molar refractivity (Wildman–Crippen MR) is 109 cm³/mol. The fraction of sp³-hybridized carbons (Fsp3) is 0.364. The molecule has 1 aliphatic heterocycles. The molecule has 0 saturated carbocycles. The summed E-state index contributed by atoms with van der Waals surface area (Å²) in [6.45, 7) is 3.04. The van der Waals surface area contributed by atoms with Crippen molar-refractivity contribution in [2.45, 2.75) is 26.0 Å². The topological polar surface area (TPSA) is 84.7 Å². The fourth-order valence-electron chi connectivity index (χ4n) is 3.50. The van der Waals surface area contributed by atoms with Gasteiger partial charge in [0.15, 0.2) is 0 Å². The number of likely N-dealkylation sites (tertiary alicyclic amines) is 1. The molecule has 3 N–H and O–H groups in total. The van der Waals surface area contributed by atoms with Crippen LogP contribution in [0.3, 0.4) is 0 Å². The van der Waals surface area contributed by atoms with Crippen LogP contribution in [0.1, 0.15) is 34.3 Å². The predicted octanol–water partition coefficient (Wildman–Crippen LogP) is 2.78. The van der Waals surface area contributed by atoms with Crippen molar-refractivity contribution >= 4 is 17.5 Å². The number of anilines is 1. The van der Waals surface area contributed by atoms with E-state index >= 15 is 0 Å². The second-order valence-corrected chi connectivity index (χ2v) is 7.24. The maximum absolute atomic E-state index is 12.5. The van der Waals surface area contributed by atoms with Gasteiger partial charge in [-0.05, 0) is 61.3 Å². The van der Waals surface area contributed by atoms with Crippen molar-refractivity contribution in [3.05, 3.63) is 65.2 Å². The zero-order chi connectivity index (χ0) is 19.9. The first-order chi connectivity index (χ1) is 13.5. The maximum Gasteiger partial charge on any atom is 0.255 e. The van der Waals surface area contributed by atoms with Crippen molar-refractivity contribution in [1.29, 1.82) is 0 Å². The molecule has 0 aromatic heterocycles. The van der Waals surface area contributed by atoms with E-state index in [-0.39, 0.29) is 17.7 Å². The van der Waals surface area contributed by atoms with Gasteiger partial charge in [-0.25, -0.2) is 0 Å². The first-order valence-corrected chi connectivity index (χ1v) is 9.55. The van der Waals surface area contributed by atoms with Gasteiger partial charge in [0.05, 0.1) is 6.61 Å². The van der Waals surface area contributed by atoms with Crippen molar-refractivity contribution in [2.75, 3.05) is 25.5 Å². The molecule has 2 aromatic rings. The lowest BCUT2D eigenvalue weighted by atomic mass is 9.96. The second-order valence-electron chi connectivity index (χ2n) is 7.24. The normalized spacial score (nSPS) is 15.3. The third-order valence-electron chi connectivity index (χ3n) is 5.11. The molecule has 2 amide bonds. The Labute approximate surface area is 165 Å². The molecule has 148 valence electrons. The average Bonchev–Trinajstić information content (AvgIpc) is 2.69. The molecule has 0 bridgehead atoms. The summed E-state index contributed by atoms with van der Waals surface area (Å²) in [6.07, 6.45) is 1.62. The largest absolute Gasteiger partial charge is 0.380 e. The smallest absolute Gasteiger partial charge is 0.255 e. The van der Waals surface area contributed by atoms with Crippen LogP contribution >= 0.6 is 0 Å². The molecule has 28 heavy (non-hydrogen) atoms. The Morgan fingerprint density at radius 2 is 1.82 bits per heavy atom. The molecule has 0 unspecified atom stereocenters. The lowest BCUT2D eigenvalue weighted by Gasteiger charge is -2.30. The first kappa shape index (κ1) is 20.0. The molecule has 0 aliphatic carbocycles. The van der Waals surface area contributed by atoms with Crippen molar-refractivity contribution in [3.8, 4) is 0 Å². The van der Waals surface area contributed by atoms with Crippen LogP contribution in [0.5, 0.6) is 0 Å². The molecular formula is C22H27N3O3. The Morgan fingerprint density at radius 1 is 1.11 bits per heavy atom. The van der Waals surface area contributed by atoms with E-state index in [0.29, 0.717) is 12.2 Å². The van der Waals surface area contributed by atoms with Gasteiger partial charge < -0.3 is 15.8 Å². The Morgan fingerprint density at radius 3 is 2.46 bits per heavy atom. The molecule has 6 heteroatoms. The molecule has 0 spiro atoms. The highest BCUT2D eigenvalue weighted by atomic mass is 16.5. The average molecular weight is 381 g/mol. The number of carbonyl (C=O) groups excluding carboxylic acids is 2. The zero-order valence-electron chi connectivity index (χ0n) is 16.2. The van der Waals surface area contributed by atoms with Crippen LogP contribution < -0.4 is 11.1 Å². The quantitative estimate of drug-likeness (QED) is 0.772. The number of hydrogen-bond donors (Lipinski definition) is 2. The molecule has 1 aliphatic rings. The summed E-state index contributed by atoms with van der Waals surface area (Å²) in [7, 11) is 1.65. The SMILES string of the molecule is COCc1ccc(C(=O)Nc2cccc(CN3CCC(C(N)=O)CC3)c2)cc1. The summed E-state index contributed by atoms with van der Waals surface area (Å²) in [4.78, 5) is 26.1. The summed E-state index contributed by atoms with van der Waals surface area (Å²) in [6, 6.07) is 15.3. The Kier molecular flexibility index (Phi) is 6.79. The molecule has 1 fully saturated rings. The lowest BCUT2D eigenvalue weighted by molar-refractivity contribution is -0.123. The molecule has 6 nitrogen and oxygen atoms in total. The number of piperidine rings is 1. The van der Waals surface area contributed by atoms with Gasteiger partial charge in [-0.15, -0.1) is 0 Å². The van der Waals surface area contributed by atoms with Crippen molar-refractivity contribution in [2.24, 2.45) is 11.7 Å². The standard InChI is InChI=1S/C22H27N3O3/c1-28-15-16-5-7-19(8-6-16)22(27)24-20-4-2-3-17(13-20)14-25-11-9-18(10-12-25)21(23)26/h2-8,13,18H,9-12,14-15H2,1H3,(H2,23,26)(H,24,27). The number of nitrogens with two attached hydrogens (primary N) is 1. The number of nitrogens with one attached hydrogen (secondary N) is 1. The van der Waals surface area contributed by atoms with Crippen molar-refractivity contribution < 1.29 is 14.3 Å². The number of rotatable bonds is 7. The maximum atomic E-state index is 12.5. The molecule has 2 aromatic carbocycles. The molecular weight excluding hydrogens is 354 g/mol. The molecule has 1 saturated heterocycles. The van der Waals surface area contributed by atoms with E-state index in [0.717, 1.165) is 49.3 Å². The molecule has 0 radical (unpaired) electrons. The van der Waals surface area contributed by atoms with E-state index in [9.17, 15) is 9.59 Å². The van der Waals surface area contributed by atoms with Gasteiger partial charge >= 0.3 is 0 Å². The molecule has 0 atom stereocenters. The van der Waals surface area contributed by atoms with Gasteiger partial charge in [0.1, 0.15) is 0 Å². The number of carbonyl (C=O) groups is 2. The Balaban J connectivity index is 1.57. The van der Waals surface area contributed by atoms with E-state index in [1.807, 2.05) is 30.3 Å². The van der Waals surface area contributed by atoms with Gasteiger partial charge in [0, 0.05) is 30.8 Å². The number of nitrogens with zero attached hydrogens (tertiary/aromatic N) is 1. The Hall–Kier alpha value is -2.70. The van der Waals surface area contributed by atoms with Crippen LogP contribution in [-0.4, -0.2) is 36.9 Å². The van der Waals surface area contributed by atoms with E-state index in [4.69, 9.17) is 10.5 Å². The van der Waals surface area contributed by atoms with Crippen molar-refractivity contribution in [3.63, 3.8) is 0 Å². The number of hydrogen-bond acceptors (Lipinski definition) is 4. The Bertz CT molecular complexity index is 812. The first-order valence-electron chi connectivity index (χ1n) is 9.55. The minimum absolute atomic E-state index is 0.00264. The van der Waals surface area contributed by atoms with Gasteiger partial charge in [-0.3, -0.25) is 14.5 Å². The number of ether oxygens (including phenoxy) is 1. The summed E-state index contributed by atoms with van der Waals surface area (Å²) < 4.78 is 5.09. The number of amides is 2. The van der Waals surface area contributed by atoms with Crippen LogP contribution in [0.4, 0.5) is 5.69 Å². The number of methoxy groups -OCH3 is 1. The van der Waals surface area contributed by atoms with Gasteiger partial charge in [-0.2, -0.15) is 0 Å². The zero-order valence-corrected chi connectivity index (χ0v) is 16.2.